The maximum Gasteiger partial charge on any atom is 0.225 e. The van der Waals surface area contributed by atoms with Gasteiger partial charge in [0.15, 0.2) is 11.2 Å². The summed E-state index contributed by atoms with van der Waals surface area (Å²) in [5, 5.41) is 15.3. The van der Waals surface area contributed by atoms with Crippen LogP contribution in [0.1, 0.15) is 39.2 Å². The van der Waals surface area contributed by atoms with Crippen LogP contribution in [0.25, 0.3) is 16.9 Å². The third-order valence-corrected chi connectivity index (χ3v) is 4.80. The van der Waals surface area contributed by atoms with Crippen LogP contribution in [0.4, 0.5) is 5.95 Å². The summed E-state index contributed by atoms with van der Waals surface area (Å²) in [6.45, 7) is 8.64. The van der Waals surface area contributed by atoms with Crippen LogP contribution in [0, 0.1) is 0 Å². The molecule has 2 aromatic heterocycles. The lowest BCUT2D eigenvalue weighted by molar-refractivity contribution is 0.478. The molecule has 0 saturated carbocycles. The van der Waals surface area contributed by atoms with Gasteiger partial charge in [0.1, 0.15) is 0 Å². The van der Waals surface area contributed by atoms with E-state index >= 15 is 0 Å². The number of nitrogens with one attached hydrogen (secondary N) is 2. The van der Waals surface area contributed by atoms with E-state index < -0.39 is 0 Å². The van der Waals surface area contributed by atoms with Crippen molar-refractivity contribution in [1.29, 1.82) is 0 Å². The van der Waals surface area contributed by atoms with E-state index in [1.807, 2.05) is 0 Å². The summed E-state index contributed by atoms with van der Waals surface area (Å²) in [4.78, 5) is 9.05. The molecule has 1 atom stereocenters. The predicted molar refractivity (Wildman–Crippen MR) is 103 cm³/mol. The molecule has 26 heavy (non-hydrogen) atoms. The van der Waals surface area contributed by atoms with Gasteiger partial charge in [-0.05, 0) is 42.5 Å². The van der Waals surface area contributed by atoms with Crippen LogP contribution in [-0.4, -0.2) is 44.1 Å². The van der Waals surface area contributed by atoms with Crippen molar-refractivity contribution in [1.82, 2.24) is 30.3 Å². The standard InChI is InChI=1S/C19H25N7/c1-19(2,3)13-6-8-15(9-7-13)26-17-16(24-25-26)12-21-18(23-17)22-14-5-4-10-20-11-14/h6-9,12,14,20H,4-5,10-11H2,1-3H3,(H,21,22,23). The molecule has 3 heterocycles. The Morgan fingerprint density at radius 2 is 2.00 bits per heavy atom. The molecule has 0 radical (unpaired) electrons. The van der Waals surface area contributed by atoms with Gasteiger partial charge in [0.2, 0.25) is 5.95 Å². The quantitative estimate of drug-likeness (QED) is 0.755. The SMILES string of the molecule is CC(C)(C)c1ccc(-n2nnc3cnc(NC4CCCNC4)nc32)cc1. The molecule has 1 fully saturated rings. The molecule has 7 nitrogen and oxygen atoms in total. The first-order valence-corrected chi connectivity index (χ1v) is 9.17. The summed E-state index contributed by atoms with van der Waals surface area (Å²) in [6.07, 6.45) is 4.02. The van der Waals surface area contributed by atoms with E-state index in [0.29, 0.717) is 17.5 Å². The molecule has 3 aromatic rings. The number of benzene rings is 1. The first kappa shape index (κ1) is 16.9. The zero-order chi connectivity index (χ0) is 18.1. The summed E-state index contributed by atoms with van der Waals surface area (Å²) in [6, 6.07) is 8.76. The normalized spacial score (nSPS) is 18.2. The van der Waals surface area contributed by atoms with Gasteiger partial charge in [-0.15, -0.1) is 5.10 Å². The van der Waals surface area contributed by atoms with Crippen LogP contribution in [0.5, 0.6) is 0 Å². The summed E-state index contributed by atoms with van der Waals surface area (Å²) in [5.74, 6) is 0.626. The Morgan fingerprint density at radius 3 is 2.69 bits per heavy atom. The van der Waals surface area contributed by atoms with E-state index in [-0.39, 0.29) is 5.41 Å². The number of hydrogen-bond acceptors (Lipinski definition) is 6. The fraction of sp³-hybridized carbons (Fsp3) is 0.474. The number of rotatable bonds is 3. The highest BCUT2D eigenvalue weighted by atomic mass is 15.4. The van der Waals surface area contributed by atoms with Crippen LogP contribution in [0.2, 0.25) is 0 Å². The lowest BCUT2D eigenvalue weighted by Crippen LogP contribution is -2.38. The molecule has 136 valence electrons. The summed E-state index contributed by atoms with van der Waals surface area (Å²) in [5.41, 5.74) is 3.76. The lowest BCUT2D eigenvalue weighted by atomic mass is 9.87. The minimum Gasteiger partial charge on any atom is -0.350 e. The maximum atomic E-state index is 4.66. The van der Waals surface area contributed by atoms with Gasteiger partial charge in [-0.25, -0.2) is 4.98 Å². The molecule has 0 bridgehead atoms. The average Bonchev–Trinajstić information content (AvgIpc) is 3.05. The summed E-state index contributed by atoms with van der Waals surface area (Å²) in [7, 11) is 0. The molecule has 1 unspecified atom stereocenters. The van der Waals surface area contributed by atoms with Crippen molar-refractivity contribution in [3.05, 3.63) is 36.0 Å². The molecule has 2 N–H and O–H groups in total. The van der Waals surface area contributed by atoms with Crippen molar-refractivity contribution < 1.29 is 0 Å². The van der Waals surface area contributed by atoms with Crippen LogP contribution in [-0.2, 0) is 5.41 Å². The lowest BCUT2D eigenvalue weighted by Gasteiger charge is -2.23. The van der Waals surface area contributed by atoms with Crippen molar-refractivity contribution in [3.8, 4) is 5.69 Å². The number of anilines is 1. The molecule has 0 aliphatic carbocycles. The number of piperidine rings is 1. The first-order chi connectivity index (χ1) is 12.5. The zero-order valence-corrected chi connectivity index (χ0v) is 15.5. The number of fused-ring (bicyclic) bond motifs is 1. The molecule has 0 amide bonds. The summed E-state index contributed by atoms with van der Waals surface area (Å²) < 4.78 is 1.77. The Bertz CT molecular complexity index is 886. The smallest absolute Gasteiger partial charge is 0.225 e. The van der Waals surface area contributed by atoms with E-state index in [0.717, 1.165) is 30.8 Å². The Kier molecular flexibility index (Phi) is 4.32. The summed E-state index contributed by atoms with van der Waals surface area (Å²) >= 11 is 0. The van der Waals surface area contributed by atoms with Crippen molar-refractivity contribution >= 4 is 17.1 Å². The molecule has 1 saturated heterocycles. The number of hydrogen-bond donors (Lipinski definition) is 2. The number of nitrogens with zero attached hydrogens (tertiary/aromatic N) is 5. The van der Waals surface area contributed by atoms with Crippen LogP contribution < -0.4 is 10.6 Å². The second-order valence-corrected chi connectivity index (χ2v) is 7.89. The maximum absolute atomic E-state index is 4.66. The van der Waals surface area contributed by atoms with Gasteiger partial charge >= 0.3 is 0 Å². The van der Waals surface area contributed by atoms with Gasteiger partial charge in [0.05, 0.1) is 11.9 Å². The van der Waals surface area contributed by atoms with Gasteiger partial charge in [0.25, 0.3) is 0 Å². The Hall–Kier alpha value is -2.54. The average molecular weight is 351 g/mol. The monoisotopic (exact) mass is 351 g/mol. The van der Waals surface area contributed by atoms with Crippen molar-refractivity contribution in [2.45, 2.75) is 45.1 Å². The van der Waals surface area contributed by atoms with E-state index in [9.17, 15) is 0 Å². The van der Waals surface area contributed by atoms with Gasteiger partial charge < -0.3 is 10.6 Å². The van der Waals surface area contributed by atoms with Crippen LogP contribution in [0.3, 0.4) is 0 Å². The molecule has 1 aliphatic heterocycles. The third kappa shape index (κ3) is 3.39. The molecule has 4 rings (SSSR count). The second-order valence-electron chi connectivity index (χ2n) is 7.89. The highest BCUT2D eigenvalue weighted by Gasteiger charge is 2.17. The van der Waals surface area contributed by atoms with E-state index in [2.05, 4.69) is 76.0 Å². The molecule has 7 heteroatoms. The Balaban J connectivity index is 1.64. The first-order valence-electron chi connectivity index (χ1n) is 9.17. The minimum atomic E-state index is 0.121. The van der Waals surface area contributed by atoms with Crippen LogP contribution in [0.15, 0.2) is 30.5 Å². The van der Waals surface area contributed by atoms with Gasteiger partial charge in [-0.1, -0.05) is 38.1 Å². The van der Waals surface area contributed by atoms with Gasteiger partial charge in [-0.3, -0.25) is 0 Å². The topological polar surface area (TPSA) is 80.5 Å². The molecule has 1 aliphatic rings. The number of aromatic nitrogens is 5. The highest BCUT2D eigenvalue weighted by molar-refractivity contribution is 5.72. The molecule has 0 spiro atoms. The largest absolute Gasteiger partial charge is 0.350 e. The fourth-order valence-corrected chi connectivity index (χ4v) is 3.23. The zero-order valence-electron chi connectivity index (χ0n) is 15.5. The van der Waals surface area contributed by atoms with Crippen LogP contribution >= 0.6 is 0 Å². The molecular weight excluding hydrogens is 326 g/mol. The Morgan fingerprint density at radius 1 is 1.19 bits per heavy atom. The van der Waals surface area contributed by atoms with Crippen molar-refractivity contribution in [2.24, 2.45) is 0 Å². The predicted octanol–water partition coefficient (Wildman–Crippen LogP) is 2.67. The van der Waals surface area contributed by atoms with Gasteiger partial charge in [0, 0.05) is 12.6 Å². The van der Waals surface area contributed by atoms with Crippen molar-refractivity contribution in [3.63, 3.8) is 0 Å². The Labute approximate surface area is 153 Å². The fourth-order valence-electron chi connectivity index (χ4n) is 3.23. The van der Waals surface area contributed by atoms with Gasteiger partial charge in [-0.2, -0.15) is 9.67 Å². The van der Waals surface area contributed by atoms with E-state index in [4.69, 9.17) is 0 Å². The molecule has 1 aromatic carbocycles. The highest BCUT2D eigenvalue weighted by Crippen LogP contribution is 2.24. The van der Waals surface area contributed by atoms with E-state index in [1.54, 1.807) is 10.9 Å². The minimum absolute atomic E-state index is 0.121. The van der Waals surface area contributed by atoms with Crippen molar-refractivity contribution in [2.75, 3.05) is 18.4 Å². The second kappa shape index (κ2) is 6.64. The third-order valence-electron chi connectivity index (χ3n) is 4.80. The molecular formula is C19H25N7. The van der Waals surface area contributed by atoms with E-state index in [1.165, 1.54) is 12.0 Å².